The third kappa shape index (κ3) is 4.87. The zero-order valence-corrected chi connectivity index (χ0v) is 12.6. The van der Waals surface area contributed by atoms with E-state index in [1.165, 1.54) is 25.3 Å². The molecule has 1 atom stereocenters. The molecule has 8 heteroatoms. The zero-order chi connectivity index (χ0) is 15.8. The smallest absolute Gasteiger partial charge is 0.311 e. The average Bonchev–Trinajstić information content (AvgIpc) is 2.46. The third-order valence-electron chi connectivity index (χ3n) is 2.73. The molecule has 0 aliphatic heterocycles. The first-order valence-corrected chi connectivity index (χ1v) is 6.67. The van der Waals surface area contributed by atoms with E-state index in [1.54, 1.807) is 7.11 Å². The highest BCUT2D eigenvalue weighted by molar-refractivity contribution is 6.20. The van der Waals surface area contributed by atoms with Crippen LogP contribution < -0.4 is 10.1 Å². The summed E-state index contributed by atoms with van der Waals surface area (Å²) in [6.45, 7) is 0.722. The van der Waals surface area contributed by atoms with Gasteiger partial charge in [-0.2, -0.15) is 0 Å². The van der Waals surface area contributed by atoms with Crippen molar-refractivity contribution >= 4 is 23.2 Å². The van der Waals surface area contributed by atoms with Gasteiger partial charge in [-0.15, -0.1) is 11.6 Å². The fraction of sp³-hybridized carbons (Fsp3) is 0.462. The van der Waals surface area contributed by atoms with Crippen LogP contribution in [0.5, 0.6) is 5.75 Å². The number of halogens is 1. The van der Waals surface area contributed by atoms with Crippen molar-refractivity contribution in [1.82, 2.24) is 5.32 Å². The van der Waals surface area contributed by atoms with E-state index < -0.39 is 10.8 Å². The van der Waals surface area contributed by atoms with Gasteiger partial charge in [0.15, 0.2) is 0 Å². The summed E-state index contributed by atoms with van der Waals surface area (Å²) < 4.78 is 9.86. The predicted octanol–water partition coefficient (Wildman–Crippen LogP) is 1.98. The number of nitro groups is 1. The van der Waals surface area contributed by atoms with E-state index in [-0.39, 0.29) is 22.4 Å². The maximum atomic E-state index is 12.1. The first-order valence-electron chi connectivity index (χ1n) is 6.23. The summed E-state index contributed by atoms with van der Waals surface area (Å²) in [4.78, 5) is 22.3. The Morgan fingerprint density at radius 3 is 2.76 bits per heavy atom. The largest absolute Gasteiger partial charge is 0.490 e. The van der Waals surface area contributed by atoms with Crippen LogP contribution in [0, 0.1) is 10.1 Å². The standard InChI is InChI=1S/C13H17ClN2O5/c1-20-8-9(14)6-7-15-13(17)10-4-3-5-11(16(18)19)12(10)21-2/h3-5,9H,6-8H2,1-2H3,(H,15,17). The normalized spacial score (nSPS) is 11.8. The Morgan fingerprint density at radius 2 is 2.19 bits per heavy atom. The van der Waals surface area contributed by atoms with E-state index in [2.05, 4.69) is 5.32 Å². The molecule has 1 amide bonds. The SMILES string of the molecule is COCC(Cl)CCNC(=O)c1cccc([N+](=O)[O-])c1OC. The van der Waals surface area contributed by atoms with Crippen molar-refractivity contribution in [2.75, 3.05) is 27.4 Å². The molecule has 1 aromatic rings. The highest BCUT2D eigenvalue weighted by atomic mass is 35.5. The minimum atomic E-state index is -0.594. The summed E-state index contributed by atoms with van der Waals surface area (Å²) in [7, 11) is 2.83. The maximum Gasteiger partial charge on any atom is 0.311 e. The highest BCUT2D eigenvalue weighted by Gasteiger charge is 2.22. The molecule has 0 fully saturated rings. The second-order valence-electron chi connectivity index (χ2n) is 4.21. The molecule has 0 bridgehead atoms. The molecule has 21 heavy (non-hydrogen) atoms. The number of hydrogen-bond acceptors (Lipinski definition) is 5. The summed E-state index contributed by atoms with van der Waals surface area (Å²) in [5.74, 6) is -0.504. The van der Waals surface area contributed by atoms with Crippen LogP contribution in [0.25, 0.3) is 0 Å². The number of methoxy groups -OCH3 is 2. The van der Waals surface area contributed by atoms with Crippen LogP contribution >= 0.6 is 11.6 Å². The van der Waals surface area contributed by atoms with Crippen molar-refractivity contribution in [1.29, 1.82) is 0 Å². The Kier molecular flexibility index (Phi) is 6.90. The molecule has 1 rings (SSSR count). The minimum absolute atomic E-state index is 0.0562. The lowest BCUT2D eigenvalue weighted by Gasteiger charge is -2.11. The van der Waals surface area contributed by atoms with Crippen LogP contribution in [0.15, 0.2) is 18.2 Å². The van der Waals surface area contributed by atoms with E-state index in [0.717, 1.165) is 0 Å². The molecule has 0 aliphatic rings. The summed E-state index contributed by atoms with van der Waals surface area (Å²) >= 11 is 5.95. The second-order valence-corrected chi connectivity index (χ2v) is 4.83. The van der Waals surface area contributed by atoms with Gasteiger partial charge in [0.25, 0.3) is 5.91 Å². The van der Waals surface area contributed by atoms with Crippen LogP contribution in [0.2, 0.25) is 0 Å². The monoisotopic (exact) mass is 316 g/mol. The zero-order valence-electron chi connectivity index (χ0n) is 11.8. The number of carbonyl (C=O) groups is 1. The van der Waals surface area contributed by atoms with Gasteiger partial charge in [0, 0.05) is 19.7 Å². The number of nitro benzene ring substituents is 1. The van der Waals surface area contributed by atoms with Gasteiger partial charge in [-0.05, 0) is 12.5 Å². The Morgan fingerprint density at radius 1 is 1.48 bits per heavy atom. The number of para-hydroxylation sites is 1. The number of ether oxygens (including phenoxy) is 2. The van der Waals surface area contributed by atoms with Crippen molar-refractivity contribution in [2.45, 2.75) is 11.8 Å². The van der Waals surface area contributed by atoms with Crippen LogP contribution in [-0.4, -0.2) is 43.6 Å². The number of hydrogen-bond donors (Lipinski definition) is 1. The van der Waals surface area contributed by atoms with Crippen LogP contribution in [-0.2, 0) is 4.74 Å². The number of carbonyl (C=O) groups excluding carboxylic acids is 1. The second kappa shape index (κ2) is 8.43. The topological polar surface area (TPSA) is 90.7 Å². The van der Waals surface area contributed by atoms with Crippen LogP contribution in [0.4, 0.5) is 5.69 Å². The molecule has 1 aromatic carbocycles. The molecule has 0 saturated heterocycles. The molecule has 0 heterocycles. The van der Waals surface area contributed by atoms with E-state index in [1.807, 2.05) is 0 Å². The van der Waals surface area contributed by atoms with Crippen molar-refractivity contribution in [3.8, 4) is 5.75 Å². The molecule has 116 valence electrons. The quantitative estimate of drug-likeness (QED) is 0.450. The molecule has 1 N–H and O–H groups in total. The summed E-state index contributed by atoms with van der Waals surface area (Å²) in [5.41, 5.74) is -0.135. The van der Waals surface area contributed by atoms with E-state index in [4.69, 9.17) is 21.1 Å². The van der Waals surface area contributed by atoms with Gasteiger partial charge < -0.3 is 14.8 Å². The molecular weight excluding hydrogens is 300 g/mol. The fourth-order valence-corrected chi connectivity index (χ4v) is 2.00. The molecule has 0 spiro atoms. The lowest BCUT2D eigenvalue weighted by molar-refractivity contribution is -0.385. The number of benzene rings is 1. The number of amides is 1. The van der Waals surface area contributed by atoms with Crippen molar-refractivity contribution in [3.05, 3.63) is 33.9 Å². The van der Waals surface area contributed by atoms with E-state index in [0.29, 0.717) is 19.6 Å². The van der Waals surface area contributed by atoms with Gasteiger partial charge in [0.2, 0.25) is 5.75 Å². The molecule has 7 nitrogen and oxygen atoms in total. The summed E-state index contributed by atoms with van der Waals surface area (Å²) in [5, 5.41) is 13.3. The van der Waals surface area contributed by atoms with Gasteiger partial charge in [0.1, 0.15) is 0 Å². The molecule has 0 radical (unpaired) electrons. The average molecular weight is 317 g/mol. The minimum Gasteiger partial charge on any atom is -0.490 e. The van der Waals surface area contributed by atoms with Crippen LogP contribution in [0.3, 0.4) is 0 Å². The van der Waals surface area contributed by atoms with Crippen molar-refractivity contribution < 1.29 is 19.2 Å². The highest BCUT2D eigenvalue weighted by Crippen LogP contribution is 2.30. The first kappa shape index (κ1) is 17.2. The first-order chi connectivity index (χ1) is 10.0. The van der Waals surface area contributed by atoms with Gasteiger partial charge >= 0.3 is 5.69 Å². The molecular formula is C13H17ClN2O5. The van der Waals surface area contributed by atoms with Crippen molar-refractivity contribution in [3.63, 3.8) is 0 Å². The van der Waals surface area contributed by atoms with Crippen molar-refractivity contribution in [2.24, 2.45) is 0 Å². The van der Waals surface area contributed by atoms with Crippen LogP contribution in [0.1, 0.15) is 16.8 Å². The Hall–Kier alpha value is -1.86. The predicted molar refractivity (Wildman–Crippen MR) is 78.1 cm³/mol. The maximum absolute atomic E-state index is 12.1. The molecule has 1 unspecified atom stereocenters. The molecule has 0 saturated carbocycles. The van der Waals surface area contributed by atoms with Gasteiger partial charge in [-0.3, -0.25) is 14.9 Å². The lowest BCUT2D eigenvalue weighted by atomic mass is 10.1. The number of rotatable bonds is 8. The number of nitrogens with one attached hydrogen (secondary N) is 1. The number of alkyl halides is 1. The Bertz CT molecular complexity index is 509. The fourth-order valence-electron chi connectivity index (χ4n) is 1.76. The third-order valence-corrected chi connectivity index (χ3v) is 3.07. The van der Waals surface area contributed by atoms with Gasteiger partial charge in [0.05, 0.1) is 29.6 Å². The lowest BCUT2D eigenvalue weighted by Crippen LogP contribution is -2.27. The molecule has 0 aliphatic carbocycles. The summed E-state index contributed by atoms with van der Waals surface area (Å²) in [6.07, 6.45) is 0.526. The van der Waals surface area contributed by atoms with E-state index in [9.17, 15) is 14.9 Å². The molecule has 0 aromatic heterocycles. The Labute approximate surface area is 127 Å². The van der Waals surface area contributed by atoms with Gasteiger partial charge in [-0.1, -0.05) is 6.07 Å². The number of nitrogens with zero attached hydrogens (tertiary/aromatic N) is 1. The Balaban J connectivity index is 2.74. The van der Waals surface area contributed by atoms with E-state index >= 15 is 0 Å². The summed E-state index contributed by atoms with van der Waals surface area (Å²) in [6, 6.07) is 4.18. The van der Waals surface area contributed by atoms with Gasteiger partial charge in [-0.25, -0.2) is 0 Å².